The molecular weight excluding hydrogens is 226 g/mol. The maximum Gasteiger partial charge on any atom is 0.231 e. The van der Waals surface area contributed by atoms with Crippen LogP contribution < -0.4 is 4.90 Å². The lowest BCUT2D eigenvalue weighted by Gasteiger charge is -2.36. The standard InChI is InChI=1S/C12H10ClNO2/c1-2-10(15)8-3-5-9(6-4-8)14-11(13)7-12(14)16/h2-6,11H,1,7H2. The second-order valence-corrected chi connectivity index (χ2v) is 4.02. The lowest BCUT2D eigenvalue weighted by molar-refractivity contribution is -0.122. The van der Waals surface area contributed by atoms with Gasteiger partial charge in [0.2, 0.25) is 5.91 Å². The monoisotopic (exact) mass is 235 g/mol. The van der Waals surface area contributed by atoms with E-state index in [4.69, 9.17) is 11.6 Å². The molecule has 1 aliphatic rings. The largest absolute Gasteiger partial charge is 0.295 e. The van der Waals surface area contributed by atoms with Gasteiger partial charge < -0.3 is 0 Å². The molecule has 1 aromatic rings. The third-order valence-corrected chi connectivity index (χ3v) is 2.86. The molecule has 2 rings (SSSR count). The number of amides is 1. The molecule has 0 saturated carbocycles. The molecule has 1 unspecified atom stereocenters. The Bertz CT molecular complexity index is 453. The smallest absolute Gasteiger partial charge is 0.231 e. The van der Waals surface area contributed by atoms with Gasteiger partial charge in [-0.1, -0.05) is 18.2 Å². The number of hydrogen-bond acceptors (Lipinski definition) is 2. The highest BCUT2D eigenvalue weighted by molar-refractivity contribution is 6.29. The number of benzene rings is 1. The van der Waals surface area contributed by atoms with E-state index in [2.05, 4.69) is 6.58 Å². The number of ketones is 1. The van der Waals surface area contributed by atoms with Crippen LogP contribution in [0.15, 0.2) is 36.9 Å². The van der Waals surface area contributed by atoms with Crippen LogP contribution in [0.4, 0.5) is 5.69 Å². The van der Waals surface area contributed by atoms with E-state index in [-0.39, 0.29) is 17.2 Å². The fourth-order valence-electron chi connectivity index (χ4n) is 1.59. The predicted molar refractivity (Wildman–Crippen MR) is 62.7 cm³/mol. The summed E-state index contributed by atoms with van der Waals surface area (Å²) in [7, 11) is 0. The fourth-order valence-corrected chi connectivity index (χ4v) is 1.94. The first kappa shape index (κ1) is 10.9. The molecule has 1 amide bonds. The number of nitrogens with zero attached hydrogens (tertiary/aromatic N) is 1. The van der Waals surface area contributed by atoms with Crippen molar-refractivity contribution in [2.75, 3.05) is 4.90 Å². The summed E-state index contributed by atoms with van der Waals surface area (Å²) in [4.78, 5) is 24.1. The number of β-lactam (4-membered cyclic amide) rings is 1. The second kappa shape index (κ2) is 4.10. The van der Waals surface area contributed by atoms with Gasteiger partial charge in [-0.15, -0.1) is 0 Å². The van der Waals surface area contributed by atoms with Crippen LogP contribution in [0.2, 0.25) is 0 Å². The van der Waals surface area contributed by atoms with Gasteiger partial charge in [-0.2, -0.15) is 0 Å². The van der Waals surface area contributed by atoms with Crippen LogP contribution in [0.5, 0.6) is 0 Å². The van der Waals surface area contributed by atoms with Crippen molar-refractivity contribution in [2.45, 2.75) is 11.9 Å². The normalized spacial score (nSPS) is 19.2. The predicted octanol–water partition coefficient (Wildman–Crippen LogP) is 2.36. The zero-order chi connectivity index (χ0) is 11.7. The number of hydrogen-bond donors (Lipinski definition) is 0. The molecule has 1 aromatic carbocycles. The first-order valence-electron chi connectivity index (χ1n) is 4.86. The van der Waals surface area contributed by atoms with Crippen molar-refractivity contribution in [1.82, 2.24) is 0 Å². The van der Waals surface area contributed by atoms with Gasteiger partial charge in [0.15, 0.2) is 5.78 Å². The van der Waals surface area contributed by atoms with E-state index in [1.165, 1.54) is 11.0 Å². The molecule has 1 atom stereocenters. The molecule has 0 radical (unpaired) electrons. The molecule has 0 aromatic heterocycles. The Morgan fingerprint density at radius 1 is 1.44 bits per heavy atom. The maximum absolute atomic E-state index is 11.3. The van der Waals surface area contributed by atoms with Crippen LogP contribution in [-0.2, 0) is 4.79 Å². The van der Waals surface area contributed by atoms with Crippen molar-refractivity contribution < 1.29 is 9.59 Å². The fraction of sp³-hybridized carbons (Fsp3) is 0.167. The molecule has 1 aliphatic heterocycles. The van der Waals surface area contributed by atoms with E-state index >= 15 is 0 Å². The molecule has 0 spiro atoms. The third-order valence-electron chi connectivity index (χ3n) is 2.51. The van der Waals surface area contributed by atoms with Crippen molar-refractivity contribution in [1.29, 1.82) is 0 Å². The van der Waals surface area contributed by atoms with Gasteiger partial charge in [0.25, 0.3) is 0 Å². The topological polar surface area (TPSA) is 37.4 Å². The average Bonchev–Trinajstić information content (AvgIpc) is 2.28. The quantitative estimate of drug-likeness (QED) is 0.265. The Morgan fingerprint density at radius 2 is 2.06 bits per heavy atom. The molecule has 0 bridgehead atoms. The molecule has 0 N–H and O–H groups in total. The number of carbonyl (C=O) groups excluding carboxylic acids is 2. The summed E-state index contributed by atoms with van der Waals surface area (Å²) in [6.07, 6.45) is 1.63. The highest BCUT2D eigenvalue weighted by atomic mass is 35.5. The zero-order valence-corrected chi connectivity index (χ0v) is 9.28. The van der Waals surface area contributed by atoms with Crippen LogP contribution in [0.3, 0.4) is 0 Å². The Kier molecular flexibility index (Phi) is 2.79. The number of carbonyl (C=O) groups is 2. The van der Waals surface area contributed by atoms with E-state index in [1.807, 2.05) is 0 Å². The van der Waals surface area contributed by atoms with Gasteiger partial charge >= 0.3 is 0 Å². The molecule has 1 saturated heterocycles. The zero-order valence-electron chi connectivity index (χ0n) is 8.52. The lowest BCUT2D eigenvalue weighted by Crippen LogP contribution is -2.49. The average molecular weight is 236 g/mol. The third kappa shape index (κ3) is 1.74. The highest BCUT2D eigenvalue weighted by Crippen LogP contribution is 2.30. The number of allylic oxidation sites excluding steroid dienone is 1. The van der Waals surface area contributed by atoms with Gasteiger partial charge in [0, 0.05) is 11.3 Å². The molecule has 82 valence electrons. The molecule has 16 heavy (non-hydrogen) atoms. The number of halogens is 1. The summed E-state index contributed by atoms with van der Waals surface area (Å²) >= 11 is 5.90. The van der Waals surface area contributed by atoms with E-state index < -0.39 is 0 Å². The Hall–Kier alpha value is -1.61. The molecule has 1 fully saturated rings. The van der Waals surface area contributed by atoms with Crippen LogP contribution >= 0.6 is 11.6 Å². The van der Waals surface area contributed by atoms with Gasteiger partial charge in [0.1, 0.15) is 5.50 Å². The molecule has 1 heterocycles. The van der Waals surface area contributed by atoms with Crippen LogP contribution in [-0.4, -0.2) is 17.2 Å². The van der Waals surface area contributed by atoms with Crippen LogP contribution in [0.25, 0.3) is 0 Å². The van der Waals surface area contributed by atoms with Gasteiger partial charge in [-0.3, -0.25) is 14.5 Å². The van der Waals surface area contributed by atoms with E-state index in [0.717, 1.165) is 5.69 Å². The summed E-state index contributed by atoms with van der Waals surface area (Å²) in [5, 5.41) is 0. The van der Waals surface area contributed by atoms with Crippen molar-refractivity contribution in [3.8, 4) is 0 Å². The van der Waals surface area contributed by atoms with Crippen LogP contribution in [0, 0.1) is 0 Å². The molecule has 0 aliphatic carbocycles. The SMILES string of the molecule is C=CC(=O)c1ccc(N2C(=O)CC2Cl)cc1. The summed E-state index contributed by atoms with van der Waals surface area (Å²) in [6.45, 7) is 3.41. The Labute approximate surface area is 98.3 Å². The van der Waals surface area contributed by atoms with Crippen LogP contribution in [0.1, 0.15) is 16.8 Å². The van der Waals surface area contributed by atoms with Crippen molar-refractivity contribution in [2.24, 2.45) is 0 Å². The number of anilines is 1. The number of rotatable bonds is 3. The van der Waals surface area contributed by atoms with Crippen molar-refractivity contribution >= 4 is 29.0 Å². The molecular formula is C12H10ClNO2. The summed E-state index contributed by atoms with van der Waals surface area (Å²) in [5.41, 5.74) is 1.00. The maximum atomic E-state index is 11.3. The minimum atomic E-state index is -0.270. The summed E-state index contributed by atoms with van der Waals surface area (Å²) < 4.78 is 0. The Morgan fingerprint density at radius 3 is 2.50 bits per heavy atom. The van der Waals surface area contributed by atoms with Gasteiger partial charge in [-0.25, -0.2) is 0 Å². The minimum absolute atomic E-state index is 0.00259. The first-order chi connectivity index (χ1) is 7.63. The van der Waals surface area contributed by atoms with E-state index in [0.29, 0.717) is 12.0 Å². The Balaban J connectivity index is 2.22. The molecule has 4 heteroatoms. The van der Waals surface area contributed by atoms with Gasteiger partial charge in [-0.05, 0) is 30.3 Å². The van der Waals surface area contributed by atoms with E-state index in [1.54, 1.807) is 24.3 Å². The van der Waals surface area contributed by atoms with E-state index in [9.17, 15) is 9.59 Å². The minimum Gasteiger partial charge on any atom is -0.295 e. The summed E-state index contributed by atoms with van der Waals surface area (Å²) in [6, 6.07) is 6.75. The summed E-state index contributed by atoms with van der Waals surface area (Å²) in [5.74, 6) is -0.133. The second-order valence-electron chi connectivity index (χ2n) is 3.52. The number of alkyl halides is 1. The highest BCUT2D eigenvalue weighted by Gasteiger charge is 2.35. The lowest BCUT2D eigenvalue weighted by atomic mass is 10.1. The van der Waals surface area contributed by atoms with Crippen molar-refractivity contribution in [3.05, 3.63) is 42.5 Å². The van der Waals surface area contributed by atoms with Gasteiger partial charge in [0.05, 0.1) is 6.42 Å². The van der Waals surface area contributed by atoms with Crippen molar-refractivity contribution in [3.63, 3.8) is 0 Å². The molecule has 3 nitrogen and oxygen atoms in total. The first-order valence-corrected chi connectivity index (χ1v) is 5.30.